The lowest BCUT2D eigenvalue weighted by atomic mass is 10.1. The van der Waals surface area contributed by atoms with E-state index < -0.39 is 0 Å². The van der Waals surface area contributed by atoms with E-state index >= 15 is 0 Å². The number of hydrogen-bond acceptors (Lipinski definition) is 4. The standard InChI is InChI=1S/C14H21FN2O2/c1-17-7-8-18-12(9-17)10-19-14-11(5-6-16)3-2-4-13(14)15/h2-4,12H,5-10,16H2,1H3. The molecule has 4 nitrogen and oxygen atoms in total. The second kappa shape index (κ2) is 6.84. The lowest BCUT2D eigenvalue weighted by molar-refractivity contribution is -0.0409. The first-order chi connectivity index (χ1) is 9.20. The maximum atomic E-state index is 13.8. The number of ether oxygens (including phenoxy) is 2. The molecule has 1 atom stereocenters. The molecule has 1 aromatic rings. The van der Waals surface area contributed by atoms with Crippen LogP contribution >= 0.6 is 0 Å². The molecular weight excluding hydrogens is 247 g/mol. The number of rotatable bonds is 5. The Labute approximate surface area is 113 Å². The van der Waals surface area contributed by atoms with Crippen LogP contribution in [0.1, 0.15) is 5.56 Å². The molecule has 0 aromatic heterocycles. The zero-order valence-corrected chi connectivity index (χ0v) is 11.3. The summed E-state index contributed by atoms with van der Waals surface area (Å²) in [5, 5.41) is 0. The van der Waals surface area contributed by atoms with Crippen molar-refractivity contribution in [1.29, 1.82) is 0 Å². The predicted octanol–water partition coefficient (Wildman–Crippen LogP) is 1.04. The third kappa shape index (κ3) is 3.89. The normalized spacial score (nSPS) is 20.5. The van der Waals surface area contributed by atoms with Gasteiger partial charge in [0.25, 0.3) is 0 Å². The van der Waals surface area contributed by atoms with E-state index in [1.807, 2.05) is 13.1 Å². The number of halogens is 1. The number of nitrogens with two attached hydrogens (primary N) is 1. The molecule has 1 saturated heterocycles. The van der Waals surface area contributed by atoms with Crippen LogP contribution in [-0.2, 0) is 11.2 Å². The molecule has 1 aromatic carbocycles. The number of benzene rings is 1. The van der Waals surface area contributed by atoms with Crippen LogP contribution in [0.25, 0.3) is 0 Å². The van der Waals surface area contributed by atoms with E-state index in [1.54, 1.807) is 6.07 Å². The lowest BCUT2D eigenvalue weighted by Crippen LogP contribution is -2.42. The summed E-state index contributed by atoms with van der Waals surface area (Å²) in [6.07, 6.45) is 0.600. The number of nitrogens with zero attached hydrogens (tertiary/aromatic N) is 1. The van der Waals surface area contributed by atoms with Crippen molar-refractivity contribution in [3.8, 4) is 5.75 Å². The maximum absolute atomic E-state index is 13.8. The Hall–Kier alpha value is -1.17. The fourth-order valence-corrected chi connectivity index (χ4v) is 2.21. The second-order valence-corrected chi connectivity index (χ2v) is 4.83. The minimum atomic E-state index is -0.338. The van der Waals surface area contributed by atoms with Crippen molar-refractivity contribution in [3.63, 3.8) is 0 Å². The molecular formula is C14H21FN2O2. The predicted molar refractivity (Wildman–Crippen MR) is 71.9 cm³/mol. The molecule has 0 spiro atoms. The van der Waals surface area contributed by atoms with Crippen molar-refractivity contribution in [2.75, 3.05) is 39.9 Å². The Morgan fingerprint density at radius 1 is 1.53 bits per heavy atom. The molecule has 0 saturated carbocycles. The molecule has 0 radical (unpaired) electrons. The smallest absolute Gasteiger partial charge is 0.165 e. The van der Waals surface area contributed by atoms with Crippen molar-refractivity contribution in [1.82, 2.24) is 4.90 Å². The lowest BCUT2D eigenvalue weighted by Gasteiger charge is -2.30. The average Bonchev–Trinajstić information content (AvgIpc) is 2.38. The molecule has 0 aliphatic carbocycles. The van der Waals surface area contributed by atoms with Gasteiger partial charge in [-0.1, -0.05) is 12.1 Å². The molecule has 2 rings (SSSR count). The van der Waals surface area contributed by atoms with Crippen LogP contribution in [0.2, 0.25) is 0 Å². The van der Waals surface area contributed by atoms with Crippen molar-refractivity contribution < 1.29 is 13.9 Å². The summed E-state index contributed by atoms with van der Waals surface area (Å²) in [6, 6.07) is 4.93. The molecule has 2 N–H and O–H groups in total. The third-order valence-corrected chi connectivity index (χ3v) is 3.22. The Kier molecular flexibility index (Phi) is 5.13. The molecule has 1 aliphatic heterocycles. The largest absolute Gasteiger partial charge is 0.487 e. The molecule has 1 unspecified atom stereocenters. The van der Waals surface area contributed by atoms with Gasteiger partial charge in [0.05, 0.1) is 6.61 Å². The summed E-state index contributed by atoms with van der Waals surface area (Å²) in [5.74, 6) is -0.0279. The fraction of sp³-hybridized carbons (Fsp3) is 0.571. The van der Waals surface area contributed by atoms with E-state index in [0.717, 1.165) is 18.7 Å². The van der Waals surface area contributed by atoms with Gasteiger partial charge in [0.1, 0.15) is 12.7 Å². The average molecular weight is 268 g/mol. The van der Waals surface area contributed by atoms with Crippen LogP contribution in [0.3, 0.4) is 0 Å². The minimum Gasteiger partial charge on any atom is -0.487 e. The van der Waals surface area contributed by atoms with Crippen molar-refractivity contribution in [2.24, 2.45) is 5.73 Å². The van der Waals surface area contributed by atoms with Gasteiger partial charge >= 0.3 is 0 Å². The highest BCUT2D eigenvalue weighted by Gasteiger charge is 2.19. The van der Waals surface area contributed by atoms with Crippen LogP contribution in [0.15, 0.2) is 18.2 Å². The van der Waals surface area contributed by atoms with E-state index in [9.17, 15) is 4.39 Å². The van der Waals surface area contributed by atoms with E-state index in [-0.39, 0.29) is 11.9 Å². The summed E-state index contributed by atoms with van der Waals surface area (Å²) in [6.45, 7) is 3.26. The van der Waals surface area contributed by atoms with Crippen LogP contribution in [0, 0.1) is 5.82 Å². The molecule has 1 fully saturated rings. The van der Waals surface area contributed by atoms with Gasteiger partial charge in [0, 0.05) is 13.1 Å². The highest BCUT2D eigenvalue weighted by atomic mass is 19.1. The van der Waals surface area contributed by atoms with E-state index in [2.05, 4.69) is 4.90 Å². The quantitative estimate of drug-likeness (QED) is 0.866. The third-order valence-electron chi connectivity index (χ3n) is 3.22. The minimum absolute atomic E-state index is 0.0101. The zero-order chi connectivity index (χ0) is 13.7. The molecule has 19 heavy (non-hydrogen) atoms. The SMILES string of the molecule is CN1CCOC(COc2c(F)cccc2CCN)C1. The zero-order valence-electron chi connectivity index (χ0n) is 11.3. The van der Waals surface area contributed by atoms with Gasteiger partial charge in [-0.15, -0.1) is 0 Å². The first-order valence-electron chi connectivity index (χ1n) is 6.61. The van der Waals surface area contributed by atoms with Gasteiger partial charge in [-0.3, -0.25) is 0 Å². The highest BCUT2D eigenvalue weighted by molar-refractivity contribution is 5.35. The Morgan fingerprint density at radius 2 is 2.37 bits per heavy atom. The Balaban J connectivity index is 1.98. The Morgan fingerprint density at radius 3 is 3.11 bits per heavy atom. The molecule has 0 bridgehead atoms. The fourth-order valence-electron chi connectivity index (χ4n) is 2.21. The van der Waals surface area contributed by atoms with Crippen LogP contribution in [0.4, 0.5) is 4.39 Å². The van der Waals surface area contributed by atoms with Crippen LogP contribution < -0.4 is 10.5 Å². The molecule has 0 amide bonds. The summed E-state index contributed by atoms with van der Waals surface area (Å²) in [4.78, 5) is 2.18. The van der Waals surface area contributed by atoms with Gasteiger partial charge < -0.3 is 20.1 Å². The van der Waals surface area contributed by atoms with E-state index in [4.69, 9.17) is 15.2 Å². The van der Waals surface area contributed by atoms with Gasteiger partial charge in [0.2, 0.25) is 0 Å². The van der Waals surface area contributed by atoms with Crippen molar-refractivity contribution >= 4 is 0 Å². The monoisotopic (exact) mass is 268 g/mol. The summed E-state index contributed by atoms with van der Waals surface area (Å²) in [7, 11) is 2.04. The first-order valence-corrected chi connectivity index (χ1v) is 6.61. The second-order valence-electron chi connectivity index (χ2n) is 4.83. The summed E-state index contributed by atoms with van der Waals surface area (Å²) in [5.41, 5.74) is 6.34. The van der Waals surface area contributed by atoms with E-state index in [1.165, 1.54) is 6.07 Å². The van der Waals surface area contributed by atoms with Crippen LogP contribution in [-0.4, -0.2) is 50.9 Å². The molecule has 1 aliphatic rings. The number of hydrogen-bond donors (Lipinski definition) is 1. The highest BCUT2D eigenvalue weighted by Crippen LogP contribution is 2.23. The van der Waals surface area contributed by atoms with Gasteiger partial charge in [-0.05, 0) is 31.6 Å². The van der Waals surface area contributed by atoms with Gasteiger partial charge in [0.15, 0.2) is 11.6 Å². The van der Waals surface area contributed by atoms with Crippen molar-refractivity contribution in [2.45, 2.75) is 12.5 Å². The maximum Gasteiger partial charge on any atom is 0.165 e. The molecule has 5 heteroatoms. The number of likely N-dealkylation sites (N-methyl/N-ethyl adjacent to an activating group) is 1. The topological polar surface area (TPSA) is 47.7 Å². The molecule has 106 valence electrons. The van der Waals surface area contributed by atoms with Crippen molar-refractivity contribution in [3.05, 3.63) is 29.6 Å². The van der Waals surface area contributed by atoms with Gasteiger partial charge in [-0.2, -0.15) is 0 Å². The first kappa shape index (κ1) is 14.2. The number of para-hydroxylation sites is 1. The van der Waals surface area contributed by atoms with Gasteiger partial charge in [-0.25, -0.2) is 4.39 Å². The summed E-state index contributed by atoms with van der Waals surface area (Å²) >= 11 is 0. The van der Waals surface area contributed by atoms with E-state index in [0.29, 0.717) is 31.9 Å². The molecule has 1 heterocycles. The summed E-state index contributed by atoms with van der Waals surface area (Å²) < 4.78 is 25.0. The number of morpholine rings is 1. The van der Waals surface area contributed by atoms with Crippen LogP contribution in [0.5, 0.6) is 5.75 Å². The Bertz CT molecular complexity index is 414.